The van der Waals surface area contributed by atoms with Crippen LogP contribution >= 0.6 is 0 Å². The molecule has 2 aliphatic rings. The average Bonchev–Trinajstić information content (AvgIpc) is 3.13. The van der Waals surface area contributed by atoms with Crippen molar-refractivity contribution in [2.75, 3.05) is 54.4 Å². The maximum Gasteiger partial charge on any atom is 0.410 e. The predicted molar refractivity (Wildman–Crippen MR) is 203 cm³/mol. The molecule has 0 aromatic heterocycles. The molecule has 0 radical (unpaired) electrons. The quantitative estimate of drug-likeness (QED) is 0.168. The molecule has 4 aromatic rings. The van der Waals surface area contributed by atoms with Crippen molar-refractivity contribution in [1.82, 2.24) is 4.90 Å². The molecule has 2 N–H and O–H groups in total. The van der Waals surface area contributed by atoms with Gasteiger partial charge in [0, 0.05) is 86.0 Å². The molecule has 0 aliphatic carbocycles. The molecule has 0 bridgehead atoms. The Hall–Kier alpha value is -5.15. The van der Waals surface area contributed by atoms with Crippen molar-refractivity contribution in [2.45, 2.75) is 58.2 Å². The predicted octanol–water partition coefficient (Wildman–Crippen LogP) is 7.30. The molecule has 0 saturated carbocycles. The summed E-state index contributed by atoms with van der Waals surface area (Å²) >= 11 is 0. The van der Waals surface area contributed by atoms with Gasteiger partial charge in [-0.2, -0.15) is 0 Å². The topological polar surface area (TPSA) is 102 Å². The van der Waals surface area contributed by atoms with E-state index in [2.05, 4.69) is 15.1 Å². The number of nitrogens with zero attached hydrogens (tertiary/aromatic N) is 3. The molecule has 0 unspecified atom stereocenters. The number of carbonyl (C=O) groups excluding carboxylic acids is 3. The molecule has 2 fully saturated rings. The lowest BCUT2D eigenvalue weighted by Crippen LogP contribution is -2.50. The van der Waals surface area contributed by atoms with Crippen LogP contribution in [0.4, 0.5) is 27.5 Å². The Morgan fingerprint density at radius 2 is 1.04 bits per heavy atom. The number of ether oxygens (including phenoxy) is 1. The zero-order valence-electron chi connectivity index (χ0n) is 29.8. The lowest BCUT2D eigenvalue weighted by atomic mass is 10.0. The molecule has 0 spiro atoms. The highest BCUT2D eigenvalue weighted by molar-refractivity contribution is 5.98. The van der Waals surface area contributed by atoms with Crippen LogP contribution in [-0.2, 0) is 17.6 Å². The zero-order valence-corrected chi connectivity index (χ0v) is 29.8. The van der Waals surface area contributed by atoms with Crippen LogP contribution in [0.25, 0.3) is 0 Å². The third-order valence-electron chi connectivity index (χ3n) is 9.43. The van der Waals surface area contributed by atoms with Gasteiger partial charge in [0.25, 0.3) is 0 Å². The van der Waals surface area contributed by atoms with E-state index in [-0.39, 0.29) is 23.8 Å². The fraction of sp³-hybridized carbons (Fsp3) is 0.357. The Kier molecular flexibility index (Phi) is 11.1. The second-order valence-electron chi connectivity index (χ2n) is 14.5. The Bertz CT molecular complexity index is 1780. The molecule has 2 heterocycles. The highest BCUT2D eigenvalue weighted by Gasteiger charge is 2.26. The number of nitrogens with one attached hydrogen (secondary N) is 1. The summed E-state index contributed by atoms with van der Waals surface area (Å²) in [6, 6.07) is 31.2. The van der Waals surface area contributed by atoms with Gasteiger partial charge >= 0.3 is 6.09 Å². The second kappa shape index (κ2) is 15.8. The minimum atomic E-state index is -0.510. The molecule has 2 saturated heterocycles. The van der Waals surface area contributed by atoms with Crippen molar-refractivity contribution in [3.8, 4) is 0 Å². The van der Waals surface area contributed by atoms with Crippen LogP contribution < -0.4 is 15.1 Å². The fourth-order valence-corrected chi connectivity index (χ4v) is 6.47. The molecule has 1 amide bonds. The first-order valence-electron chi connectivity index (χ1n) is 17.9. The molecular weight excluding hydrogens is 640 g/mol. The summed E-state index contributed by atoms with van der Waals surface area (Å²) < 4.78 is 5.50. The zero-order chi connectivity index (χ0) is 36.0. The number of piperidine rings is 1. The van der Waals surface area contributed by atoms with Crippen LogP contribution in [-0.4, -0.2) is 78.6 Å². The number of aliphatic hydroxyl groups excluding tert-OH is 1. The van der Waals surface area contributed by atoms with Gasteiger partial charge in [-0.3, -0.25) is 9.59 Å². The smallest absolute Gasteiger partial charge is 0.410 e. The summed E-state index contributed by atoms with van der Waals surface area (Å²) in [6.45, 7) is 9.88. The van der Waals surface area contributed by atoms with Crippen molar-refractivity contribution < 1.29 is 24.2 Å². The van der Waals surface area contributed by atoms with E-state index in [0.717, 1.165) is 59.8 Å². The van der Waals surface area contributed by atoms with E-state index in [4.69, 9.17) is 4.74 Å². The highest BCUT2D eigenvalue weighted by atomic mass is 16.6. The molecule has 51 heavy (non-hydrogen) atoms. The van der Waals surface area contributed by atoms with E-state index < -0.39 is 5.60 Å². The van der Waals surface area contributed by atoms with Crippen LogP contribution in [0.15, 0.2) is 97.1 Å². The Morgan fingerprint density at radius 3 is 1.45 bits per heavy atom. The Balaban J connectivity index is 0.948. The number of carbonyl (C=O) groups is 3. The van der Waals surface area contributed by atoms with Gasteiger partial charge in [-0.25, -0.2) is 4.79 Å². The first-order chi connectivity index (χ1) is 24.5. The van der Waals surface area contributed by atoms with Crippen molar-refractivity contribution >= 4 is 40.4 Å². The third-order valence-corrected chi connectivity index (χ3v) is 9.43. The summed E-state index contributed by atoms with van der Waals surface area (Å²) in [7, 11) is 0. The molecule has 0 atom stereocenters. The van der Waals surface area contributed by atoms with Crippen LogP contribution in [0, 0.1) is 0 Å². The minimum Gasteiger partial charge on any atom is -0.444 e. The van der Waals surface area contributed by atoms with Gasteiger partial charge in [0.05, 0.1) is 6.10 Å². The molecule has 266 valence electrons. The lowest BCUT2D eigenvalue weighted by Gasteiger charge is -2.36. The molecular formula is C42H48N4O5. The number of anilines is 4. The van der Waals surface area contributed by atoms with E-state index in [1.165, 1.54) is 0 Å². The van der Waals surface area contributed by atoms with Crippen LogP contribution in [0.1, 0.15) is 65.5 Å². The number of amides is 1. The van der Waals surface area contributed by atoms with Crippen LogP contribution in [0.3, 0.4) is 0 Å². The lowest BCUT2D eigenvalue weighted by molar-refractivity contribution is 0.0240. The summed E-state index contributed by atoms with van der Waals surface area (Å²) in [4.78, 5) is 44.6. The van der Waals surface area contributed by atoms with E-state index in [1.54, 1.807) is 4.90 Å². The molecule has 6 rings (SSSR count). The number of ketones is 2. The van der Waals surface area contributed by atoms with Gasteiger partial charge in [-0.05, 0) is 118 Å². The highest BCUT2D eigenvalue weighted by Crippen LogP contribution is 2.24. The maximum atomic E-state index is 13.1. The molecule has 9 nitrogen and oxygen atoms in total. The summed E-state index contributed by atoms with van der Waals surface area (Å²) in [5, 5.41) is 13.2. The monoisotopic (exact) mass is 688 g/mol. The third kappa shape index (κ3) is 9.76. The van der Waals surface area contributed by atoms with E-state index in [9.17, 15) is 19.5 Å². The standard InChI is InChI=1S/C42H48N4O5/c1-42(2,3)51-41(50)46-26-24-45(25-27-46)37-18-10-33(11-19-37)40(49)29-31-6-14-35(15-7-31)43-34-12-4-30(5-13-34)28-39(48)32-8-16-36(17-9-32)44-22-20-38(47)21-23-44/h4-19,38,43,47H,20-29H2,1-3H3. The largest absolute Gasteiger partial charge is 0.444 e. The normalized spacial score (nSPS) is 15.4. The second-order valence-corrected chi connectivity index (χ2v) is 14.5. The number of hydrogen-bond donors (Lipinski definition) is 2. The van der Waals surface area contributed by atoms with Gasteiger partial charge in [0.15, 0.2) is 11.6 Å². The number of rotatable bonds is 10. The van der Waals surface area contributed by atoms with Crippen LogP contribution in [0.5, 0.6) is 0 Å². The Morgan fingerprint density at radius 1 is 0.627 bits per heavy atom. The van der Waals surface area contributed by atoms with Crippen molar-refractivity contribution in [2.24, 2.45) is 0 Å². The van der Waals surface area contributed by atoms with Crippen molar-refractivity contribution in [3.05, 3.63) is 119 Å². The summed E-state index contributed by atoms with van der Waals surface area (Å²) in [5.74, 6) is 0.133. The van der Waals surface area contributed by atoms with E-state index >= 15 is 0 Å². The molecule has 9 heteroatoms. The summed E-state index contributed by atoms with van der Waals surface area (Å²) in [6.07, 6.45) is 1.70. The maximum absolute atomic E-state index is 13.1. The van der Waals surface area contributed by atoms with E-state index in [1.807, 2.05) is 118 Å². The minimum absolute atomic E-state index is 0.0563. The van der Waals surface area contributed by atoms with Gasteiger partial charge < -0.3 is 29.9 Å². The van der Waals surface area contributed by atoms with E-state index in [0.29, 0.717) is 50.1 Å². The SMILES string of the molecule is CC(C)(C)OC(=O)N1CCN(c2ccc(C(=O)Cc3ccc(Nc4ccc(CC(=O)c5ccc(N6CCC(O)CC6)cc5)cc4)cc3)cc2)CC1. The summed E-state index contributed by atoms with van der Waals surface area (Å²) in [5.41, 5.74) is 6.68. The number of hydrogen-bond acceptors (Lipinski definition) is 8. The van der Waals surface area contributed by atoms with Crippen molar-refractivity contribution in [1.29, 1.82) is 0 Å². The Labute approximate surface area is 300 Å². The number of benzene rings is 4. The number of aliphatic hydroxyl groups is 1. The van der Waals surface area contributed by atoms with Gasteiger partial charge in [-0.15, -0.1) is 0 Å². The number of Topliss-reactive ketones (excluding diaryl/α,β-unsaturated/α-hetero) is 2. The average molecular weight is 689 g/mol. The van der Waals surface area contributed by atoms with Crippen molar-refractivity contribution in [3.63, 3.8) is 0 Å². The van der Waals surface area contributed by atoms with Gasteiger partial charge in [-0.1, -0.05) is 24.3 Å². The molecule has 2 aliphatic heterocycles. The first-order valence-corrected chi connectivity index (χ1v) is 17.9. The fourth-order valence-electron chi connectivity index (χ4n) is 6.47. The first kappa shape index (κ1) is 35.7. The van der Waals surface area contributed by atoms with Crippen LogP contribution in [0.2, 0.25) is 0 Å². The number of piperazine rings is 1. The van der Waals surface area contributed by atoms with Gasteiger partial charge in [0.1, 0.15) is 5.60 Å². The molecule has 4 aromatic carbocycles. The van der Waals surface area contributed by atoms with Gasteiger partial charge in [0.2, 0.25) is 0 Å².